The third kappa shape index (κ3) is 2.65. The highest BCUT2D eigenvalue weighted by Gasteiger charge is 2.32. The smallest absolute Gasteiger partial charge is 0.371 e. The highest BCUT2D eigenvalue weighted by Crippen LogP contribution is 2.26. The fourth-order valence-corrected chi connectivity index (χ4v) is 3.68. The van der Waals surface area contributed by atoms with Gasteiger partial charge in [-0.1, -0.05) is 0 Å². The lowest BCUT2D eigenvalue weighted by atomic mass is 10.1. The Balaban J connectivity index is 2.32. The van der Waals surface area contributed by atoms with Crippen molar-refractivity contribution in [1.29, 1.82) is 0 Å². The number of rotatable bonds is 3. The maximum Gasteiger partial charge on any atom is 0.371 e. The van der Waals surface area contributed by atoms with Crippen molar-refractivity contribution < 1.29 is 27.8 Å². The second-order valence-electron chi connectivity index (χ2n) is 4.47. The van der Waals surface area contributed by atoms with E-state index >= 15 is 0 Å². The van der Waals surface area contributed by atoms with Gasteiger partial charge in [-0.3, -0.25) is 0 Å². The average molecular weight is 289 g/mol. The van der Waals surface area contributed by atoms with E-state index < -0.39 is 27.9 Å². The number of hydrogen-bond acceptors (Lipinski definition) is 5. The Kier molecular flexibility index (Phi) is 3.66. The molecule has 0 amide bonds. The SMILES string of the molecule is Cc1oc(C(=O)O)cc1S(=O)(=O)N1CCC(O)CC1. The molecule has 1 saturated heterocycles. The standard InChI is InChI=1S/C11H15NO6S/c1-7-10(6-9(18-7)11(14)15)19(16,17)12-4-2-8(13)3-5-12/h6,8,13H,2-5H2,1H3,(H,14,15). The van der Waals surface area contributed by atoms with Gasteiger partial charge in [0.1, 0.15) is 10.7 Å². The number of aliphatic hydroxyl groups is 1. The molecular formula is C11H15NO6S. The van der Waals surface area contributed by atoms with Crippen molar-refractivity contribution >= 4 is 16.0 Å². The van der Waals surface area contributed by atoms with Crippen LogP contribution in [0.25, 0.3) is 0 Å². The Morgan fingerprint density at radius 3 is 2.47 bits per heavy atom. The van der Waals surface area contributed by atoms with Crippen LogP contribution in [0.1, 0.15) is 29.2 Å². The minimum atomic E-state index is -3.76. The number of furan rings is 1. The van der Waals surface area contributed by atoms with Crippen molar-refractivity contribution in [3.8, 4) is 0 Å². The van der Waals surface area contributed by atoms with Gasteiger partial charge in [-0.05, 0) is 19.8 Å². The van der Waals surface area contributed by atoms with Crippen LogP contribution in [0.15, 0.2) is 15.4 Å². The van der Waals surface area contributed by atoms with Crippen molar-refractivity contribution in [1.82, 2.24) is 4.31 Å². The van der Waals surface area contributed by atoms with E-state index in [1.54, 1.807) is 0 Å². The van der Waals surface area contributed by atoms with Crippen molar-refractivity contribution in [2.24, 2.45) is 0 Å². The van der Waals surface area contributed by atoms with Gasteiger partial charge in [-0.25, -0.2) is 13.2 Å². The number of carboxylic acids is 1. The molecular weight excluding hydrogens is 274 g/mol. The highest BCUT2D eigenvalue weighted by molar-refractivity contribution is 7.89. The van der Waals surface area contributed by atoms with Crippen molar-refractivity contribution in [3.63, 3.8) is 0 Å². The van der Waals surface area contributed by atoms with Gasteiger partial charge in [0.25, 0.3) is 0 Å². The predicted octanol–water partition coefficient (Wildman–Crippen LogP) is 0.432. The van der Waals surface area contributed by atoms with Crippen LogP contribution in [0.4, 0.5) is 0 Å². The number of carboxylic acid groups (broad SMARTS) is 1. The average Bonchev–Trinajstić information content (AvgIpc) is 2.73. The van der Waals surface area contributed by atoms with Crippen LogP contribution in [-0.2, 0) is 10.0 Å². The first-order valence-electron chi connectivity index (χ1n) is 5.84. The van der Waals surface area contributed by atoms with Crippen LogP contribution in [0.3, 0.4) is 0 Å². The second kappa shape index (κ2) is 4.95. The summed E-state index contributed by atoms with van der Waals surface area (Å²) in [6.07, 6.45) is 0.274. The molecule has 0 radical (unpaired) electrons. The summed E-state index contributed by atoms with van der Waals surface area (Å²) in [6.45, 7) is 1.85. The largest absolute Gasteiger partial charge is 0.475 e. The summed E-state index contributed by atoms with van der Waals surface area (Å²) >= 11 is 0. The monoisotopic (exact) mass is 289 g/mol. The van der Waals surface area contributed by atoms with Gasteiger partial charge >= 0.3 is 5.97 Å². The van der Waals surface area contributed by atoms with E-state index in [2.05, 4.69) is 0 Å². The molecule has 1 fully saturated rings. The Morgan fingerprint density at radius 2 is 2.00 bits per heavy atom. The van der Waals surface area contributed by atoms with Gasteiger partial charge in [0, 0.05) is 19.2 Å². The van der Waals surface area contributed by atoms with Gasteiger partial charge in [0.05, 0.1) is 6.10 Å². The molecule has 2 rings (SSSR count). The van der Waals surface area contributed by atoms with Crippen molar-refractivity contribution in [2.45, 2.75) is 30.8 Å². The summed E-state index contributed by atoms with van der Waals surface area (Å²) in [5.74, 6) is -1.64. The molecule has 7 nitrogen and oxygen atoms in total. The zero-order valence-electron chi connectivity index (χ0n) is 10.4. The van der Waals surface area contributed by atoms with Gasteiger partial charge in [0.15, 0.2) is 0 Å². The van der Waals surface area contributed by atoms with Crippen LogP contribution < -0.4 is 0 Å². The summed E-state index contributed by atoms with van der Waals surface area (Å²) in [6, 6.07) is 1.03. The van der Waals surface area contributed by atoms with Crippen LogP contribution in [-0.4, -0.2) is 48.1 Å². The molecule has 0 aliphatic carbocycles. The summed E-state index contributed by atoms with van der Waals surface area (Å²) in [4.78, 5) is 10.7. The Morgan fingerprint density at radius 1 is 1.42 bits per heavy atom. The van der Waals surface area contributed by atoms with Crippen LogP contribution in [0.5, 0.6) is 0 Å². The molecule has 0 aromatic carbocycles. The summed E-state index contributed by atoms with van der Waals surface area (Å²) in [5.41, 5.74) is 0. The second-order valence-corrected chi connectivity index (χ2v) is 6.38. The number of aromatic carboxylic acids is 1. The predicted molar refractivity (Wildman–Crippen MR) is 64.4 cm³/mol. The number of aliphatic hydroxyl groups excluding tert-OH is 1. The molecule has 2 heterocycles. The number of aryl methyl sites for hydroxylation is 1. The van der Waals surface area contributed by atoms with E-state index in [0.717, 1.165) is 6.07 Å². The molecule has 1 aromatic rings. The number of hydrogen-bond donors (Lipinski definition) is 2. The van der Waals surface area contributed by atoms with Gasteiger partial charge in [-0.15, -0.1) is 0 Å². The highest BCUT2D eigenvalue weighted by atomic mass is 32.2. The molecule has 106 valence electrons. The van der Waals surface area contributed by atoms with E-state index in [-0.39, 0.29) is 23.7 Å². The lowest BCUT2D eigenvalue weighted by Gasteiger charge is -2.28. The third-order valence-corrected chi connectivity index (χ3v) is 5.13. The molecule has 0 unspecified atom stereocenters. The van der Waals surface area contributed by atoms with Crippen molar-refractivity contribution in [3.05, 3.63) is 17.6 Å². The lowest BCUT2D eigenvalue weighted by Crippen LogP contribution is -2.40. The van der Waals surface area contributed by atoms with E-state index in [9.17, 15) is 18.3 Å². The Bertz CT molecular complexity index is 582. The molecule has 1 aliphatic rings. The molecule has 1 aromatic heterocycles. The maximum atomic E-state index is 12.3. The lowest BCUT2D eigenvalue weighted by molar-refractivity contribution is 0.0661. The summed E-state index contributed by atoms with van der Waals surface area (Å²) < 4.78 is 30.8. The molecule has 2 N–H and O–H groups in total. The summed E-state index contributed by atoms with van der Waals surface area (Å²) in [7, 11) is -3.76. The minimum absolute atomic E-state index is 0.0588. The van der Waals surface area contributed by atoms with Crippen LogP contribution in [0, 0.1) is 6.92 Å². The van der Waals surface area contributed by atoms with E-state index in [0.29, 0.717) is 12.8 Å². The van der Waals surface area contributed by atoms with Crippen LogP contribution >= 0.6 is 0 Å². The number of piperidine rings is 1. The number of carbonyl (C=O) groups is 1. The first-order chi connectivity index (χ1) is 8.82. The zero-order valence-corrected chi connectivity index (χ0v) is 11.2. The zero-order chi connectivity index (χ0) is 14.2. The Hall–Kier alpha value is -1.38. The fourth-order valence-electron chi connectivity index (χ4n) is 2.05. The number of sulfonamides is 1. The molecule has 8 heteroatoms. The molecule has 0 atom stereocenters. The molecule has 0 saturated carbocycles. The first kappa shape index (κ1) is 14.0. The molecule has 19 heavy (non-hydrogen) atoms. The van der Waals surface area contributed by atoms with E-state index in [4.69, 9.17) is 9.52 Å². The Labute approximate surface area is 110 Å². The summed E-state index contributed by atoms with van der Waals surface area (Å²) in [5, 5.41) is 18.2. The minimum Gasteiger partial charge on any atom is -0.475 e. The molecule has 1 aliphatic heterocycles. The first-order valence-corrected chi connectivity index (χ1v) is 7.28. The fraction of sp³-hybridized carbons (Fsp3) is 0.545. The quantitative estimate of drug-likeness (QED) is 0.835. The molecule has 0 spiro atoms. The van der Waals surface area contributed by atoms with Crippen molar-refractivity contribution in [2.75, 3.05) is 13.1 Å². The van der Waals surface area contributed by atoms with E-state index in [1.165, 1.54) is 11.2 Å². The van der Waals surface area contributed by atoms with Gasteiger partial charge in [-0.2, -0.15) is 4.31 Å². The topological polar surface area (TPSA) is 108 Å². The maximum absolute atomic E-state index is 12.3. The number of nitrogens with zero attached hydrogens (tertiary/aromatic N) is 1. The normalized spacial score (nSPS) is 18.6. The van der Waals surface area contributed by atoms with Crippen LogP contribution in [0.2, 0.25) is 0 Å². The van der Waals surface area contributed by atoms with E-state index in [1.807, 2.05) is 0 Å². The third-order valence-electron chi connectivity index (χ3n) is 3.12. The van der Waals surface area contributed by atoms with Gasteiger partial charge < -0.3 is 14.6 Å². The van der Waals surface area contributed by atoms with Gasteiger partial charge in [0.2, 0.25) is 15.8 Å². The molecule has 0 bridgehead atoms.